The van der Waals surface area contributed by atoms with E-state index in [0.29, 0.717) is 16.5 Å². The molecule has 6 nitrogen and oxygen atoms in total. The number of rotatable bonds is 8. The van der Waals surface area contributed by atoms with Crippen molar-refractivity contribution in [3.63, 3.8) is 0 Å². The second-order valence-corrected chi connectivity index (χ2v) is 8.78. The van der Waals surface area contributed by atoms with E-state index < -0.39 is 10.0 Å². The fourth-order valence-electron chi connectivity index (χ4n) is 2.69. The van der Waals surface area contributed by atoms with Gasteiger partial charge in [-0.2, -0.15) is 0 Å². The van der Waals surface area contributed by atoms with E-state index in [1.54, 1.807) is 18.2 Å². The van der Waals surface area contributed by atoms with Crippen LogP contribution in [-0.4, -0.2) is 20.9 Å². The largest absolute Gasteiger partial charge is 0.483 e. The minimum Gasteiger partial charge on any atom is -0.483 e. The first-order valence-corrected chi connectivity index (χ1v) is 11.0. The van der Waals surface area contributed by atoms with E-state index in [1.807, 2.05) is 37.3 Å². The number of amides is 1. The maximum Gasteiger partial charge on any atom is 0.262 e. The smallest absolute Gasteiger partial charge is 0.262 e. The van der Waals surface area contributed by atoms with Crippen LogP contribution in [0.25, 0.3) is 0 Å². The van der Waals surface area contributed by atoms with Gasteiger partial charge in [0.15, 0.2) is 6.61 Å². The fourth-order valence-corrected chi connectivity index (χ4v) is 3.93. The minimum absolute atomic E-state index is 0.115. The zero-order valence-electron chi connectivity index (χ0n) is 16.3. The number of benzene rings is 3. The summed E-state index contributed by atoms with van der Waals surface area (Å²) in [6.45, 7) is 1.86. The third-order valence-electron chi connectivity index (χ3n) is 4.25. The highest BCUT2D eigenvalue weighted by Crippen LogP contribution is 2.22. The Morgan fingerprint density at radius 1 is 1.00 bits per heavy atom. The van der Waals surface area contributed by atoms with Crippen molar-refractivity contribution >= 4 is 33.2 Å². The van der Waals surface area contributed by atoms with E-state index in [4.69, 9.17) is 16.3 Å². The van der Waals surface area contributed by atoms with Crippen molar-refractivity contribution < 1.29 is 17.9 Å². The number of carbonyl (C=O) groups excluding carboxylic acids is 1. The van der Waals surface area contributed by atoms with Gasteiger partial charge in [0.1, 0.15) is 5.75 Å². The molecule has 0 atom stereocenters. The van der Waals surface area contributed by atoms with Crippen LogP contribution in [0.2, 0.25) is 5.02 Å². The summed E-state index contributed by atoms with van der Waals surface area (Å²) in [5.74, 6) is 0.211. The molecule has 30 heavy (non-hydrogen) atoms. The summed E-state index contributed by atoms with van der Waals surface area (Å²) in [7, 11) is -3.66. The molecule has 3 aromatic rings. The molecule has 0 bridgehead atoms. The summed E-state index contributed by atoms with van der Waals surface area (Å²) < 4.78 is 32.9. The average Bonchev–Trinajstić information content (AvgIpc) is 2.73. The van der Waals surface area contributed by atoms with Gasteiger partial charge in [0.05, 0.1) is 4.90 Å². The summed E-state index contributed by atoms with van der Waals surface area (Å²) in [6.07, 6.45) is 0. The number of nitrogens with one attached hydrogen (secondary N) is 2. The van der Waals surface area contributed by atoms with Crippen molar-refractivity contribution in [2.24, 2.45) is 0 Å². The number of hydrogen-bond acceptors (Lipinski definition) is 4. The molecule has 0 aromatic heterocycles. The quantitative estimate of drug-likeness (QED) is 0.546. The zero-order valence-corrected chi connectivity index (χ0v) is 17.8. The number of anilines is 1. The molecule has 0 saturated heterocycles. The maximum absolute atomic E-state index is 12.4. The molecular formula is C22H21ClN2O4S. The number of halogens is 1. The van der Waals surface area contributed by atoms with Gasteiger partial charge in [-0.15, -0.1) is 0 Å². The Labute approximate surface area is 180 Å². The van der Waals surface area contributed by atoms with Crippen LogP contribution in [0.4, 0.5) is 5.69 Å². The number of hydrogen-bond donors (Lipinski definition) is 2. The normalized spacial score (nSPS) is 11.1. The van der Waals surface area contributed by atoms with E-state index in [0.717, 1.165) is 11.1 Å². The Bertz CT molecular complexity index is 1120. The highest BCUT2D eigenvalue weighted by atomic mass is 35.5. The first-order chi connectivity index (χ1) is 14.3. The van der Waals surface area contributed by atoms with Crippen LogP contribution < -0.4 is 14.8 Å². The molecule has 2 N–H and O–H groups in total. The van der Waals surface area contributed by atoms with Gasteiger partial charge in [0.25, 0.3) is 5.91 Å². The third kappa shape index (κ3) is 6.06. The lowest BCUT2D eigenvalue weighted by atomic mass is 10.2. The van der Waals surface area contributed by atoms with Crippen LogP contribution in [0.3, 0.4) is 0 Å². The Balaban J connectivity index is 1.55. The second kappa shape index (κ2) is 9.75. The number of carbonyl (C=O) groups is 1. The Kier molecular flexibility index (Phi) is 7.10. The van der Waals surface area contributed by atoms with Crippen LogP contribution >= 0.6 is 11.6 Å². The molecule has 0 spiro atoms. The lowest BCUT2D eigenvalue weighted by Gasteiger charge is -2.11. The van der Waals surface area contributed by atoms with Crippen molar-refractivity contribution in [1.29, 1.82) is 0 Å². The summed E-state index contributed by atoms with van der Waals surface area (Å²) in [5.41, 5.74) is 2.16. The van der Waals surface area contributed by atoms with Gasteiger partial charge < -0.3 is 10.1 Å². The SMILES string of the molecule is Cc1cc(Cl)ccc1OCC(=O)Nc1ccc(S(=O)(=O)NCc2ccccc2)cc1. The monoisotopic (exact) mass is 444 g/mol. The van der Waals surface area contributed by atoms with Crippen molar-refractivity contribution in [1.82, 2.24) is 4.72 Å². The van der Waals surface area contributed by atoms with Crippen LogP contribution in [0, 0.1) is 6.92 Å². The van der Waals surface area contributed by atoms with Gasteiger partial charge >= 0.3 is 0 Å². The van der Waals surface area contributed by atoms with Crippen molar-refractivity contribution in [2.75, 3.05) is 11.9 Å². The number of ether oxygens (including phenoxy) is 1. The second-order valence-electron chi connectivity index (χ2n) is 6.58. The van der Waals surface area contributed by atoms with E-state index in [1.165, 1.54) is 24.3 Å². The highest BCUT2D eigenvalue weighted by molar-refractivity contribution is 7.89. The van der Waals surface area contributed by atoms with Crippen LogP contribution in [-0.2, 0) is 21.4 Å². The predicted octanol–water partition coefficient (Wildman–Crippen LogP) is 4.14. The Hall–Kier alpha value is -2.87. The molecule has 3 aromatic carbocycles. The van der Waals surface area contributed by atoms with Gasteiger partial charge in [-0.05, 0) is 60.5 Å². The van der Waals surface area contributed by atoms with Crippen LogP contribution in [0.5, 0.6) is 5.75 Å². The minimum atomic E-state index is -3.66. The Morgan fingerprint density at radius 3 is 2.37 bits per heavy atom. The van der Waals surface area contributed by atoms with Gasteiger partial charge in [-0.25, -0.2) is 13.1 Å². The molecule has 0 fully saturated rings. The van der Waals surface area contributed by atoms with Crippen molar-refractivity contribution in [3.05, 3.63) is 88.9 Å². The summed E-state index contributed by atoms with van der Waals surface area (Å²) in [5, 5.41) is 3.27. The molecular weight excluding hydrogens is 424 g/mol. The summed E-state index contributed by atoms with van der Waals surface area (Å²) in [6, 6.07) is 20.3. The standard InChI is InChI=1S/C22H21ClN2O4S/c1-16-13-18(23)7-12-21(16)29-15-22(26)25-19-8-10-20(11-9-19)30(27,28)24-14-17-5-3-2-4-6-17/h2-13,24H,14-15H2,1H3,(H,25,26). The summed E-state index contributed by atoms with van der Waals surface area (Å²) in [4.78, 5) is 12.2. The molecule has 1 amide bonds. The third-order valence-corrected chi connectivity index (χ3v) is 5.91. The van der Waals surface area contributed by atoms with Gasteiger partial charge in [-0.3, -0.25) is 4.79 Å². The molecule has 0 aliphatic rings. The predicted molar refractivity (Wildman–Crippen MR) is 117 cm³/mol. The molecule has 0 heterocycles. The van der Waals surface area contributed by atoms with E-state index in [2.05, 4.69) is 10.0 Å². The van der Waals surface area contributed by atoms with Crippen molar-refractivity contribution in [3.8, 4) is 5.75 Å². The fraction of sp³-hybridized carbons (Fsp3) is 0.136. The molecule has 3 rings (SSSR count). The molecule has 156 valence electrons. The molecule has 0 saturated carbocycles. The number of aryl methyl sites for hydroxylation is 1. The molecule has 8 heteroatoms. The van der Waals surface area contributed by atoms with Crippen LogP contribution in [0.1, 0.15) is 11.1 Å². The van der Waals surface area contributed by atoms with Gasteiger partial charge in [0, 0.05) is 17.3 Å². The zero-order chi connectivity index (χ0) is 21.6. The van der Waals surface area contributed by atoms with E-state index in [9.17, 15) is 13.2 Å². The Morgan fingerprint density at radius 2 is 1.70 bits per heavy atom. The first kappa shape index (κ1) is 21.8. The van der Waals surface area contributed by atoms with E-state index >= 15 is 0 Å². The molecule has 0 unspecified atom stereocenters. The first-order valence-electron chi connectivity index (χ1n) is 9.16. The van der Waals surface area contributed by atoms with E-state index in [-0.39, 0.29) is 24.0 Å². The molecule has 0 aliphatic carbocycles. The molecule has 0 radical (unpaired) electrons. The van der Waals surface area contributed by atoms with Crippen molar-refractivity contribution in [2.45, 2.75) is 18.4 Å². The van der Waals surface area contributed by atoms with Crippen LogP contribution in [0.15, 0.2) is 77.7 Å². The lowest BCUT2D eigenvalue weighted by molar-refractivity contribution is -0.118. The van der Waals surface area contributed by atoms with Gasteiger partial charge in [-0.1, -0.05) is 41.9 Å². The highest BCUT2D eigenvalue weighted by Gasteiger charge is 2.14. The average molecular weight is 445 g/mol. The lowest BCUT2D eigenvalue weighted by Crippen LogP contribution is -2.23. The topological polar surface area (TPSA) is 84.5 Å². The number of sulfonamides is 1. The summed E-state index contributed by atoms with van der Waals surface area (Å²) >= 11 is 5.90. The maximum atomic E-state index is 12.4. The van der Waals surface area contributed by atoms with Gasteiger partial charge in [0.2, 0.25) is 10.0 Å². The molecule has 0 aliphatic heterocycles.